The van der Waals surface area contributed by atoms with Gasteiger partial charge in [-0.15, -0.1) is 10.2 Å². The number of nitrogens with one attached hydrogen (secondary N) is 1. The van der Waals surface area contributed by atoms with Gasteiger partial charge in [0.15, 0.2) is 5.82 Å². The van der Waals surface area contributed by atoms with E-state index < -0.39 is 30.3 Å². The number of piperidine rings is 2. The number of aryl methyl sites for hydroxylation is 1. The highest BCUT2D eigenvalue weighted by atomic mass is 19.3. The summed E-state index contributed by atoms with van der Waals surface area (Å²) in [5.41, 5.74) is 11.6. The topological polar surface area (TPSA) is 175 Å². The average molecular weight is 849 g/mol. The standard InChI is InChI=1S/C45H50F2N10O5/c1-27-22-57(42-35(27)19-33(21-49-42)56-18-14-40(59)50-44(56)61)32-12-15-53(16-13-32)24-31-11-17-54(26-45(31,46)47)43(60)30-9-7-29(8-10-30)39-25-55(23-28(2)62-39)37-20-36(51-52-41(37)48)34-5-3-4-6-38(34)58/h3-10,19-22,28,31-32,39,58H,11-18,23-26H2,1-2H3,(H2,48,52)(H,50,59,61)/t28-,31?,39-/m0/s1. The molecule has 0 bridgehead atoms. The molecule has 1 unspecified atom stereocenters. The summed E-state index contributed by atoms with van der Waals surface area (Å²) in [4.78, 5) is 49.4. The minimum atomic E-state index is -3.04. The molecule has 0 spiro atoms. The molecule has 62 heavy (non-hydrogen) atoms. The lowest BCUT2D eigenvalue weighted by Crippen LogP contribution is -2.54. The van der Waals surface area contributed by atoms with Crippen molar-refractivity contribution < 1.29 is 33.0 Å². The summed E-state index contributed by atoms with van der Waals surface area (Å²) < 4.78 is 40.2. The second-order valence-corrected chi connectivity index (χ2v) is 17.0. The molecule has 3 aromatic heterocycles. The van der Waals surface area contributed by atoms with Crippen LogP contribution in [-0.4, -0.2) is 117 Å². The Labute approximate surface area is 357 Å². The third kappa shape index (κ3) is 8.13. The maximum Gasteiger partial charge on any atom is 0.328 e. The Kier molecular flexibility index (Phi) is 11.0. The van der Waals surface area contributed by atoms with Crippen molar-refractivity contribution in [1.29, 1.82) is 0 Å². The van der Waals surface area contributed by atoms with E-state index in [4.69, 9.17) is 15.5 Å². The predicted molar refractivity (Wildman–Crippen MR) is 229 cm³/mol. The molecule has 2 aromatic carbocycles. The summed E-state index contributed by atoms with van der Waals surface area (Å²) in [6.45, 7) is 6.46. The number of imide groups is 1. The number of hydrogen-bond acceptors (Lipinski definition) is 11. The van der Waals surface area contributed by atoms with Gasteiger partial charge in [0.05, 0.1) is 35.9 Å². The number of nitrogen functional groups attached to an aromatic ring is 1. The van der Waals surface area contributed by atoms with E-state index in [0.29, 0.717) is 60.9 Å². The number of pyridine rings is 1. The number of nitrogens with zero attached hydrogens (tertiary/aromatic N) is 8. The van der Waals surface area contributed by atoms with Gasteiger partial charge >= 0.3 is 6.03 Å². The fourth-order valence-corrected chi connectivity index (χ4v) is 9.42. The number of aromatic nitrogens is 4. The van der Waals surface area contributed by atoms with Gasteiger partial charge in [0.1, 0.15) is 17.5 Å². The van der Waals surface area contributed by atoms with E-state index in [9.17, 15) is 19.5 Å². The van der Waals surface area contributed by atoms with Crippen LogP contribution in [0.15, 0.2) is 73.1 Å². The molecule has 4 saturated heterocycles. The molecule has 17 heteroatoms. The summed E-state index contributed by atoms with van der Waals surface area (Å²) in [6.07, 6.45) is 5.19. The molecule has 15 nitrogen and oxygen atoms in total. The van der Waals surface area contributed by atoms with Gasteiger partial charge in [0.25, 0.3) is 11.8 Å². The van der Waals surface area contributed by atoms with Crippen molar-refractivity contribution in [3.05, 3.63) is 89.7 Å². The first-order valence-corrected chi connectivity index (χ1v) is 21.2. The maximum absolute atomic E-state index is 15.8. The minimum absolute atomic E-state index is 0.0861. The number of aromatic hydroxyl groups is 1. The van der Waals surface area contributed by atoms with Gasteiger partial charge in [-0.05, 0) is 80.6 Å². The number of morpholine rings is 1. The summed E-state index contributed by atoms with van der Waals surface area (Å²) in [5.74, 6) is -4.29. The Morgan fingerprint density at radius 3 is 2.52 bits per heavy atom. The van der Waals surface area contributed by atoms with Crippen molar-refractivity contribution >= 4 is 46.1 Å². The summed E-state index contributed by atoms with van der Waals surface area (Å²) in [6, 6.07) is 17.3. The van der Waals surface area contributed by atoms with Crippen LogP contribution in [0.25, 0.3) is 22.3 Å². The highest BCUT2D eigenvalue weighted by Gasteiger charge is 2.46. The largest absolute Gasteiger partial charge is 0.507 e. The molecule has 4 amide bonds. The number of likely N-dealkylation sites (tertiary alicyclic amines) is 2. The number of hydrogen-bond donors (Lipinski definition) is 3. The van der Waals surface area contributed by atoms with Crippen LogP contribution in [-0.2, 0) is 9.53 Å². The number of carbonyl (C=O) groups is 3. The van der Waals surface area contributed by atoms with Crippen molar-refractivity contribution in [3.63, 3.8) is 0 Å². The number of phenols is 1. The molecular formula is C45H50F2N10O5. The molecule has 4 N–H and O–H groups in total. The normalized spacial score (nSPS) is 22.6. The van der Waals surface area contributed by atoms with E-state index in [1.165, 1.54) is 9.80 Å². The number of ether oxygens (including phenoxy) is 1. The first-order chi connectivity index (χ1) is 29.8. The molecule has 324 valence electrons. The number of carbonyl (C=O) groups excluding carboxylic acids is 3. The van der Waals surface area contributed by atoms with E-state index in [1.54, 1.807) is 36.5 Å². The van der Waals surface area contributed by atoms with E-state index in [1.807, 2.05) is 44.2 Å². The fraction of sp³-hybridized carbons (Fsp3) is 0.422. The molecule has 3 atom stereocenters. The Balaban J connectivity index is 0.791. The van der Waals surface area contributed by atoms with Crippen LogP contribution >= 0.6 is 0 Å². The van der Waals surface area contributed by atoms with E-state index in [0.717, 1.165) is 35.0 Å². The van der Waals surface area contributed by atoms with Crippen molar-refractivity contribution in [2.45, 2.75) is 63.7 Å². The zero-order valence-corrected chi connectivity index (χ0v) is 34.7. The second kappa shape index (κ2) is 16.6. The lowest BCUT2D eigenvalue weighted by molar-refractivity contribution is -0.120. The lowest BCUT2D eigenvalue weighted by atomic mass is 9.90. The molecule has 0 saturated carbocycles. The number of benzene rings is 2. The summed E-state index contributed by atoms with van der Waals surface area (Å²) in [5, 5.41) is 22.1. The van der Waals surface area contributed by atoms with Crippen LogP contribution in [0.5, 0.6) is 5.75 Å². The number of anilines is 3. The Bertz CT molecular complexity index is 2510. The third-order valence-electron chi connectivity index (χ3n) is 12.8. The number of phenolic OH excluding ortho intramolecular Hbond substituents is 1. The van der Waals surface area contributed by atoms with Crippen LogP contribution in [0.1, 0.15) is 66.2 Å². The van der Waals surface area contributed by atoms with Gasteiger partial charge in [-0.3, -0.25) is 19.8 Å². The highest BCUT2D eigenvalue weighted by molar-refractivity contribution is 6.06. The number of amides is 4. The van der Waals surface area contributed by atoms with Crippen LogP contribution in [0.4, 0.5) is 30.8 Å². The number of fused-ring (bicyclic) bond motifs is 1. The van der Waals surface area contributed by atoms with Gasteiger partial charge in [0, 0.05) is 86.9 Å². The van der Waals surface area contributed by atoms with Crippen molar-refractivity contribution in [2.24, 2.45) is 5.92 Å². The highest BCUT2D eigenvalue weighted by Crippen LogP contribution is 2.38. The quantitative estimate of drug-likeness (QED) is 0.169. The molecule has 4 fully saturated rings. The van der Waals surface area contributed by atoms with Crippen LogP contribution in [0.3, 0.4) is 0 Å². The fourth-order valence-electron chi connectivity index (χ4n) is 9.42. The molecular weight excluding hydrogens is 799 g/mol. The van der Waals surface area contributed by atoms with Crippen LogP contribution in [0.2, 0.25) is 0 Å². The van der Waals surface area contributed by atoms with Crippen molar-refractivity contribution in [1.82, 2.24) is 34.9 Å². The Hall–Kier alpha value is -6.20. The van der Waals surface area contributed by atoms with Crippen molar-refractivity contribution in [2.75, 3.05) is 67.9 Å². The number of rotatable bonds is 8. The van der Waals surface area contributed by atoms with Gasteiger partial charge in [0.2, 0.25) is 5.91 Å². The zero-order valence-electron chi connectivity index (χ0n) is 34.7. The van der Waals surface area contributed by atoms with Crippen LogP contribution < -0.4 is 20.9 Å². The molecule has 4 aliphatic heterocycles. The number of nitrogens with two attached hydrogens (primary N) is 1. The first-order valence-electron chi connectivity index (χ1n) is 21.2. The van der Waals surface area contributed by atoms with Gasteiger partial charge in [-0.1, -0.05) is 24.3 Å². The van der Waals surface area contributed by atoms with E-state index in [2.05, 4.69) is 36.1 Å². The zero-order chi connectivity index (χ0) is 43.3. The van der Waals surface area contributed by atoms with Crippen LogP contribution in [0, 0.1) is 12.8 Å². The first kappa shape index (κ1) is 41.2. The van der Waals surface area contributed by atoms with E-state index in [-0.39, 0.29) is 61.7 Å². The van der Waals surface area contributed by atoms with Crippen molar-refractivity contribution in [3.8, 4) is 17.0 Å². The molecule has 9 rings (SSSR count). The predicted octanol–water partition coefficient (Wildman–Crippen LogP) is 5.94. The Morgan fingerprint density at radius 2 is 1.77 bits per heavy atom. The number of urea groups is 1. The summed E-state index contributed by atoms with van der Waals surface area (Å²) in [7, 11) is 0. The lowest BCUT2D eigenvalue weighted by Gasteiger charge is -2.42. The van der Waals surface area contributed by atoms with Gasteiger partial charge in [-0.25, -0.2) is 18.6 Å². The number of alkyl halides is 2. The molecule has 4 aliphatic rings. The smallest absolute Gasteiger partial charge is 0.328 e. The Morgan fingerprint density at radius 1 is 1.00 bits per heavy atom. The summed E-state index contributed by atoms with van der Waals surface area (Å²) >= 11 is 0. The number of halogens is 2. The maximum atomic E-state index is 15.8. The second-order valence-electron chi connectivity index (χ2n) is 17.0. The SMILES string of the molecule is Cc1cn(C2CCN(CC3CCN(C(=O)c4ccc([C@@H]5CN(c6cc(-c7ccccc7O)nnc6N)C[C@H](C)O5)cc4)CC3(F)F)CC2)c2ncc(N3CCC(=O)NC3=O)cc12. The molecule has 5 aromatic rings. The van der Waals surface area contributed by atoms with E-state index >= 15 is 8.78 Å². The van der Waals surface area contributed by atoms with Gasteiger partial charge in [-0.2, -0.15) is 0 Å². The average Bonchev–Trinajstić information content (AvgIpc) is 3.59. The number of para-hydroxylation sites is 1. The molecule has 0 aliphatic carbocycles. The monoisotopic (exact) mass is 848 g/mol. The third-order valence-corrected chi connectivity index (χ3v) is 12.8. The molecule has 0 radical (unpaired) electrons. The molecule has 7 heterocycles. The van der Waals surface area contributed by atoms with Gasteiger partial charge < -0.3 is 34.8 Å². The minimum Gasteiger partial charge on any atom is -0.507 e.